The molecule has 9 heteroatoms. The van der Waals surface area contributed by atoms with Crippen molar-refractivity contribution in [2.24, 2.45) is 10.3 Å². The van der Waals surface area contributed by atoms with Crippen LogP contribution in [-0.2, 0) is 19.7 Å². The highest BCUT2D eigenvalue weighted by atomic mass is 32.2. The van der Waals surface area contributed by atoms with Crippen molar-refractivity contribution >= 4 is 27.3 Å². The molecule has 0 saturated heterocycles. The number of aromatic hydroxyl groups is 1. The van der Waals surface area contributed by atoms with Crippen LogP contribution in [-0.4, -0.2) is 31.2 Å². The Morgan fingerprint density at radius 2 is 1.77 bits per heavy atom. The van der Waals surface area contributed by atoms with Gasteiger partial charge in [-0.3, -0.25) is 4.79 Å². The van der Waals surface area contributed by atoms with Gasteiger partial charge in [0.1, 0.15) is 5.75 Å². The van der Waals surface area contributed by atoms with Crippen LogP contribution in [0.4, 0.5) is 5.69 Å². The number of rotatable bonds is 5. The van der Waals surface area contributed by atoms with Crippen LogP contribution in [0.25, 0.3) is 11.1 Å². The number of oxime groups is 1. The molecule has 1 atom stereocenters. The summed E-state index contributed by atoms with van der Waals surface area (Å²) >= 11 is 0. The van der Waals surface area contributed by atoms with Crippen molar-refractivity contribution in [2.75, 3.05) is 5.32 Å². The Kier molecular flexibility index (Phi) is 5.45. The predicted octanol–water partition coefficient (Wildman–Crippen LogP) is 2.84. The number of sulfonamides is 1. The molecule has 31 heavy (non-hydrogen) atoms. The zero-order chi connectivity index (χ0) is 22.0. The topological polar surface area (TPSA) is 131 Å². The van der Waals surface area contributed by atoms with Crippen LogP contribution in [0.15, 0.2) is 82.8 Å². The van der Waals surface area contributed by atoms with Crippen molar-refractivity contribution in [3.8, 4) is 16.9 Å². The maximum atomic E-state index is 12.5. The fourth-order valence-electron chi connectivity index (χ4n) is 3.28. The van der Waals surface area contributed by atoms with Crippen molar-refractivity contribution in [2.45, 2.75) is 17.4 Å². The second-order valence-corrected chi connectivity index (χ2v) is 8.52. The largest absolute Gasteiger partial charge is 0.508 e. The number of amides is 1. The van der Waals surface area contributed by atoms with Crippen molar-refractivity contribution in [3.05, 3.63) is 78.4 Å². The van der Waals surface area contributed by atoms with E-state index in [1.54, 1.807) is 66.7 Å². The highest BCUT2D eigenvalue weighted by Crippen LogP contribution is 2.28. The Labute approximate surface area is 179 Å². The lowest BCUT2D eigenvalue weighted by atomic mass is 10.0. The number of phenols is 1. The number of benzene rings is 3. The Bertz CT molecular complexity index is 1270. The van der Waals surface area contributed by atoms with Crippen molar-refractivity contribution in [1.82, 2.24) is 0 Å². The summed E-state index contributed by atoms with van der Waals surface area (Å²) in [5, 5.41) is 21.6. The molecule has 3 aromatic carbocycles. The maximum absolute atomic E-state index is 12.5. The fraction of sp³-hybridized carbons (Fsp3) is 0.0909. The minimum atomic E-state index is -3.87. The number of carbonyl (C=O) groups excluding carboxylic acids is 1. The number of nitrogens with two attached hydrogens (primary N) is 1. The summed E-state index contributed by atoms with van der Waals surface area (Å²) in [7, 11) is -3.87. The maximum Gasteiger partial charge on any atom is 0.268 e. The van der Waals surface area contributed by atoms with Gasteiger partial charge in [-0.05, 0) is 35.9 Å². The number of primary sulfonamides is 1. The summed E-state index contributed by atoms with van der Waals surface area (Å²) in [6.07, 6.45) is -0.519. The number of nitrogens with zero attached hydrogens (tertiary/aromatic N) is 1. The molecule has 1 aliphatic rings. The summed E-state index contributed by atoms with van der Waals surface area (Å²) in [5.41, 5.74) is 2.91. The normalized spacial score (nSPS) is 15.8. The van der Waals surface area contributed by atoms with Gasteiger partial charge in [0.2, 0.25) is 16.1 Å². The van der Waals surface area contributed by atoms with Gasteiger partial charge in [0.25, 0.3) is 5.91 Å². The molecular formula is C22H19N3O5S. The highest BCUT2D eigenvalue weighted by Gasteiger charge is 2.29. The van der Waals surface area contributed by atoms with Crippen LogP contribution < -0.4 is 10.5 Å². The van der Waals surface area contributed by atoms with E-state index < -0.39 is 16.1 Å². The third-order valence-electron chi connectivity index (χ3n) is 4.80. The third kappa shape index (κ3) is 4.57. The Hall–Kier alpha value is -3.69. The number of hydrogen-bond donors (Lipinski definition) is 3. The molecule has 0 aliphatic carbocycles. The first-order valence-corrected chi connectivity index (χ1v) is 10.9. The van der Waals surface area contributed by atoms with E-state index in [0.29, 0.717) is 28.1 Å². The Morgan fingerprint density at radius 1 is 1.03 bits per heavy atom. The molecule has 158 valence electrons. The summed E-state index contributed by atoms with van der Waals surface area (Å²) in [5.74, 6) is -0.256. The standard InChI is InChI=1S/C22H19N3O5S/c23-31(28,29)21-7-2-1-6-18(21)14-8-10-16(11-9-14)24-22(27)20-13-19(25-30-20)15-4-3-5-17(26)12-15/h1-12,20,26H,13H2,(H,24,27)(H2,23,28,29). The number of carbonyl (C=O) groups is 1. The summed E-state index contributed by atoms with van der Waals surface area (Å²) < 4.78 is 23.6. The number of hydrogen-bond acceptors (Lipinski definition) is 6. The third-order valence-corrected chi connectivity index (χ3v) is 5.77. The zero-order valence-electron chi connectivity index (χ0n) is 16.2. The molecule has 0 bridgehead atoms. The Balaban J connectivity index is 1.44. The van der Waals surface area contributed by atoms with E-state index in [1.807, 2.05) is 0 Å². The summed E-state index contributed by atoms with van der Waals surface area (Å²) in [4.78, 5) is 17.8. The van der Waals surface area contributed by atoms with Crippen LogP contribution in [0.2, 0.25) is 0 Å². The smallest absolute Gasteiger partial charge is 0.268 e. The van der Waals surface area contributed by atoms with Gasteiger partial charge in [-0.1, -0.05) is 47.6 Å². The van der Waals surface area contributed by atoms with Gasteiger partial charge in [0.05, 0.1) is 10.6 Å². The van der Waals surface area contributed by atoms with Crippen LogP contribution in [0.3, 0.4) is 0 Å². The quantitative estimate of drug-likeness (QED) is 0.565. The van der Waals surface area contributed by atoms with E-state index in [4.69, 9.17) is 9.98 Å². The molecule has 0 aromatic heterocycles. The zero-order valence-corrected chi connectivity index (χ0v) is 17.0. The molecule has 4 rings (SSSR count). The lowest BCUT2D eigenvalue weighted by molar-refractivity contribution is -0.125. The highest BCUT2D eigenvalue weighted by molar-refractivity contribution is 7.89. The lowest BCUT2D eigenvalue weighted by Gasteiger charge is -2.11. The molecular weight excluding hydrogens is 418 g/mol. The van der Waals surface area contributed by atoms with Crippen molar-refractivity contribution < 1.29 is 23.2 Å². The van der Waals surface area contributed by atoms with Gasteiger partial charge in [0.15, 0.2) is 0 Å². The first-order chi connectivity index (χ1) is 14.8. The minimum absolute atomic E-state index is 0.0303. The number of nitrogens with one attached hydrogen (secondary N) is 1. The van der Waals surface area contributed by atoms with E-state index in [1.165, 1.54) is 6.07 Å². The predicted molar refractivity (Wildman–Crippen MR) is 116 cm³/mol. The average molecular weight is 437 g/mol. The van der Waals surface area contributed by atoms with E-state index in [-0.39, 0.29) is 23.0 Å². The second-order valence-electron chi connectivity index (χ2n) is 6.99. The minimum Gasteiger partial charge on any atom is -0.508 e. The fourth-order valence-corrected chi connectivity index (χ4v) is 4.04. The molecule has 1 unspecified atom stereocenters. The molecule has 1 heterocycles. The van der Waals surface area contributed by atoms with Gasteiger partial charge in [0, 0.05) is 23.2 Å². The second kappa shape index (κ2) is 8.21. The summed E-state index contributed by atoms with van der Waals surface area (Å²) in [6, 6.07) is 19.7. The Morgan fingerprint density at radius 3 is 2.48 bits per heavy atom. The van der Waals surface area contributed by atoms with E-state index in [2.05, 4.69) is 10.5 Å². The van der Waals surface area contributed by atoms with Crippen LogP contribution in [0.5, 0.6) is 5.75 Å². The molecule has 3 aromatic rings. The van der Waals surface area contributed by atoms with E-state index in [9.17, 15) is 18.3 Å². The van der Waals surface area contributed by atoms with E-state index in [0.717, 1.165) is 0 Å². The molecule has 4 N–H and O–H groups in total. The van der Waals surface area contributed by atoms with Gasteiger partial charge >= 0.3 is 0 Å². The van der Waals surface area contributed by atoms with E-state index >= 15 is 0 Å². The van der Waals surface area contributed by atoms with Crippen LogP contribution in [0.1, 0.15) is 12.0 Å². The molecule has 0 radical (unpaired) electrons. The van der Waals surface area contributed by atoms with Crippen LogP contribution >= 0.6 is 0 Å². The number of phenolic OH excluding ortho intramolecular Hbond substituents is 1. The van der Waals surface area contributed by atoms with Crippen LogP contribution in [0, 0.1) is 0 Å². The first kappa shape index (κ1) is 20.6. The van der Waals surface area contributed by atoms with Gasteiger partial charge in [-0.25, -0.2) is 13.6 Å². The van der Waals surface area contributed by atoms with Crippen molar-refractivity contribution in [3.63, 3.8) is 0 Å². The molecule has 1 aliphatic heterocycles. The molecule has 0 saturated carbocycles. The van der Waals surface area contributed by atoms with Gasteiger partial charge in [-0.15, -0.1) is 0 Å². The van der Waals surface area contributed by atoms with Gasteiger partial charge in [-0.2, -0.15) is 0 Å². The summed E-state index contributed by atoms with van der Waals surface area (Å²) in [6.45, 7) is 0. The molecule has 0 spiro atoms. The lowest BCUT2D eigenvalue weighted by Crippen LogP contribution is -2.28. The van der Waals surface area contributed by atoms with Crippen molar-refractivity contribution in [1.29, 1.82) is 0 Å². The number of anilines is 1. The molecule has 0 fully saturated rings. The average Bonchev–Trinajstić information content (AvgIpc) is 3.24. The first-order valence-electron chi connectivity index (χ1n) is 9.36. The van der Waals surface area contributed by atoms with Gasteiger partial charge < -0.3 is 15.3 Å². The molecule has 1 amide bonds. The SMILES string of the molecule is NS(=O)(=O)c1ccccc1-c1ccc(NC(=O)C2CC(c3cccc(O)c3)=NO2)cc1. The monoisotopic (exact) mass is 437 g/mol. The molecule has 8 nitrogen and oxygen atoms in total.